The van der Waals surface area contributed by atoms with Gasteiger partial charge in [-0.1, -0.05) is 0 Å². The highest BCUT2D eigenvalue weighted by Crippen LogP contribution is 2.30. The third-order valence-electron chi connectivity index (χ3n) is 4.71. The molecule has 22 heavy (non-hydrogen) atoms. The van der Waals surface area contributed by atoms with Gasteiger partial charge in [0.25, 0.3) is 0 Å². The molecule has 7 heteroatoms. The van der Waals surface area contributed by atoms with Crippen molar-refractivity contribution in [3.63, 3.8) is 0 Å². The van der Waals surface area contributed by atoms with E-state index in [-0.39, 0.29) is 23.3 Å². The van der Waals surface area contributed by atoms with Crippen LogP contribution in [-0.2, 0) is 14.6 Å². The Morgan fingerprint density at radius 3 is 2.59 bits per heavy atom. The molecule has 0 bridgehead atoms. The molecular formula is C15H21N3O3S. The van der Waals surface area contributed by atoms with Gasteiger partial charge in [0.1, 0.15) is 6.33 Å². The van der Waals surface area contributed by atoms with E-state index in [0.717, 1.165) is 24.1 Å². The summed E-state index contributed by atoms with van der Waals surface area (Å²) < 4.78 is 23.0. The number of aryl methyl sites for hydroxylation is 1. The largest absolute Gasteiger partial charge is 0.342 e. The van der Waals surface area contributed by atoms with E-state index in [4.69, 9.17) is 0 Å². The van der Waals surface area contributed by atoms with E-state index in [1.54, 1.807) is 6.33 Å². The molecule has 2 aliphatic heterocycles. The average molecular weight is 323 g/mol. The number of hydrogen-bond acceptors (Lipinski definition) is 5. The van der Waals surface area contributed by atoms with Crippen molar-refractivity contribution < 1.29 is 13.2 Å². The number of carbonyl (C=O) groups excluding carboxylic acids is 1. The molecule has 120 valence electrons. The van der Waals surface area contributed by atoms with Crippen molar-refractivity contribution in [2.75, 3.05) is 24.6 Å². The maximum absolute atomic E-state index is 12.4. The van der Waals surface area contributed by atoms with Crippen LogP contribution in [0.25, 0.3) is 0 Å². The number of nitrogens with zero attached hydrogens (tertiary/aromatic N) is 3. The molecule has 1 atom stereocenters. The topological polar surface area (TPSA) is 80.2 Å². The summed E-state index contributed by atoms with van der Waals surface area (Å²) in [5.74, 6) is 0.220. The summed E-state index contributed by atoms with van der Waals surface area (Å²) in [7, 11) is -3.00. The van der Waals surface area contributed by atoms with E-state index in [9.17, 15) is 13.2 Å². The van der Waals surface area contributed by atoms with E-state index in [2.05, 4.69) is 9.97 Å². The number of hydrogen-bond donors (Lipinski definition) is 0. The van der Waals surface area contributed by atoms with Crippen molar-refractivity contribution in [1.82, 2.24) is 14.9 Å². The van der Waals surface area contributed by atoms with Gasteiger partial charge in [0.2, 0.25) is 5.91 Å². The van der Waals surface area contributed by atoms with Crippen LogP contribution in [0.4, 0.5) is 0 Å². The summed E-state index contributed by atoms with van der Waals surface area (Å²) in [6.07, 6.45) is 5.63. The molecule has 2 aliphatic rings. The molecule has 3 rings (SSSR count). The fourth-order valence-electron chi connectivity index (χ4n) is 3.46. The van der Waals surface area contributed by atoms with Gasteiger partial charge in [0.15, 0.2) is 9.84 Å². The van der Waals surface area contributed by atoms with Crippen molar-refractivity contribution in [3.05, 3.63) is 23.8 Å². The third-order valence-corrected chi connectivity index (χ3v) is 6.48. The SMILES string of the molecule is Cc1cncnc1C1CCN(C(=O)[C@H]2CCS(=O)(=O)C2)CC1. The van der Waals surface area contributed by atoms with E-state index in [1.165, 1.54) is 0 Å². The van der Waals surface area contributed by atoms with Crippen LogP contribution in [-0.4, -0.2) is 53.8 Å². The van der Waals surface area contributed by atoms with Crippen LogP contribution in [0.15, 0.2) is 12.5 Å². The summed E-state index contributed by atoms with van der Waals surface area (Å²) in [5.41, 5.74) is 2.17. The van der Waals surface area contributed by atoms with Crippen LogP contribution >= 0.6 is 0 Å². The Morgan fingerprint density at radius 1 is 1.27 bits per heavy atom. The first-order valence-corrected chi connectivity index (χ1v) is 9.54. The first-order valence-electron chi connectivity index (χ1n) is 7.72. The molecule has 0 spiro atoms. The van der Waals surface area contributed by atoms with E-state index in [0.29, 0.717) is 25.4 Å². The van der Waals surface area contributed by atoms with Crippen LogP contribution in [0.3, 0.4) is 0 Å². The van der Waals surface area contributed by atoms with Crippen LogP contribution in [0.1, 0.15) is 36.4 Å². The number of likely N-dealkylation sites (tertiary alicyclic amines) is 1. The molecule has 2 fully saturated rings. The van der Waals surface area contributed by atoms with E-state index in [1.807, 2.05) is 18.0 Å². The Morgan fingerprint density at radius 2 is 2.00 bits per heavy atom. The van der Waals surface area contributed by atoms with E-state index < -0.39 is 9.84 Å². The van der Waals surface area contributed by atoms with Crippen molar-refractivity contribution in [1.29, 1.82) is 0 Å². The predicted molar refractivity (Wildman–Crippen MR) is 82.1 cm³/mol. The lowest BCUT2D eigenvalue weighted by atomic mass is 9.90. The Bertz CT molecular complexity index is 666. The lowest BCUT2D eigenvalue weighted by molar-refractivity contribution is -0.135. The monoisotopic (exact) mass is 323 g/mol. The third kappa shape index (κ3) is 3.14. The number of aromatic nitrogens is 2. The smallest absolute Gasteiger partial charge is 0.226 e. The van der Waals surface area contributed by atoms with Crippen molar-refractivity contribution in [2.45, 2.75) is 32.1 Å². The highest BCUT2D eigenvalue weighted by Gasteiger charge is 2.36. The zero-order valence-electron chi connectivity index (χ0n) is 12.7. The normalized spacial score (nSPS) is 25.3. The second-order valence-corrected chi connectivity index (χ2v) is 8.52. The maximum atomic E-state index is 12.4. The standard InChI is InChI=1S/C15H21N3O3S/c1-11-8-16-10-17-14(11)12-2-5-18(6-3-12)15(19)13-4-7-22(20,21)9-13/h8,10,12-13H,2-7,9H2,1H3/t13-/m0/s1. The molecule has 0 aromatic carbocycles. The van der Waals surface area contributed by atoms with Gasteiger partial charge >= 0.3 is 0 Å². The molecule has 0 aliphatic carbocycles. The highest BCUT2D eigenvalue weighted by molar-refractivity contribution is 7.91. The number of piperidine rings is 1. The van der Waals surface area contributed by atoms with E-state index >= 15 is 0 Å². The first kappa shape index (κ1) is 15.4. The number of amides is 1. The van der Waals surface area contributed by atoms with Gasteiger partial charge in [-0.25, -0.2) is 18.4 Å². The van der Waals surface area contributed by atoms with Crippen molar-refractivity contribution in [2.24, 2.45) is 5.92 Å². The van der Waals surface area contributed by atoms with Gasteiger partial charge < -0.3 is 4.90 Å². The molecular weight excluding hydrogens is 302 g/mol. The molecule has 0 N–H and O–H groups in total. The summed E-state index contributed by atoms with van der Waals surface area (Å²) in [6.45, 7) is 3.38. The van der Waals surface area contributed by atoms with Gasteiger partial charge in [0.05, 0.1) is 17.4 Å². The summed E-state index contributed by atoms with van der Waals surface area (Å²) in [6, 6.07) is 0. The number of rotatable bonds is 2. The van der Waals surface area contributed by atoms with Gasteiger partial charge in [-0.05, 0) is 31.7 Å². The second kappa shape index (κ2) is 5.95. The maximum Gasteiger partial charge on any atom is 0.226 e. The summed E-state index contributed by atoms with van der Waals surface area (Å²) >= 11 is 0. The van der Waals surface area contributed by atoms with Crippen LogP contribution in [0, 0.1) is 12.8 Å². The predicted octanol–water partition coefficient (Wildman–Crippen LogP) is 0.926. The van der Waals surface area contributed by atoms with Crippen LogP contribution in [0.2, 0.25) is 0 Å². The molecule has 1 aromatic heterocycles. The van der Waals surface area contributed by atoms with Crippen molar-refractivity contribution in [3.8, 4) is 0 Å². The Balaban J connectivity index is 1.60. The Kier molecular flexibility index (Phi) is 4.16. The quantitative estimate of drug-likeness (QED) is 0.809. The zero-order valence-corrected chi connectivity index (χ0v) is 13.6. The molecule has 6 nitrogen and oxygen atoms in total. The summed E-state index contributed by atoms with van der Waals surface area (Å²) in [5, 5.41) is 0. The Labute approximate surface area is 130 Å². The average Bonchev–Trinajstić information content (AvgIpc) is 2.87. The van der Waals surface area contributed by atoms with Gasteiger partial charge in [-0.2, -0.15) is 0 Å². The van der Waals surface area contributed by atoms with Gasteiger partial charge in [0, 0.05) is 30.9 Å². The molecule has 1 amide bonds. The fourth-order valence-corrected chi connectivity index (χ4v) is 5.19. The molecule has 0 unspecified atom stereocenters. The zero-order chi connectivity index (χ0) is 15.7. The van der Waals surface area contributed by atoms with Gasteiger partial charge in [-0.15, -0.1) is 0 Å². The minimum Gasteiger partial charge on any atom is -0.342 e. The van der Waals surface area contributed by atoms with Gasteiger partial charge in [-0.3, -0.25) is 4.79 Å². The lowest BCUT2D eigenvalue weighted by Crippen LogP contribution is -2.41. The Hall–Kier alpha value is -1.50. The lowest BCUT2D eigenvalue weighted by Gasteiger charge is -2.33. The van der Waals surface area contributed by atoms with Crippen LogP contribution in [0.5, 0.6) is 0 Å². The number of sulfone groups is 1. The molecule has 1 aromatic rings. The number of carbonyl (C=O) groups is 1. The minimum absolute atomic E-state index is 0.0129. The first-order chi connectivity index (χ1) is 10.5. The molecule has 0 radical (unpaired) electrons. The molecule has 0 saturated carbocycles. The van der Waals surface area contributed by atoms with Crippen molar-refractivity contribution >= 4 is 15.7 Å². The highest BCUT2D eigenvalue weighted by atomic mass is 32.2. The fraction of sp³-hybridized carbons (Fsp3) is 0.667. The summed E-state index contributed by atoms with van der Waals surface area (Å²) in [4.78, 5) is 22.7. The van der Waals surface area contributed by atoms with Crippen LogP contribution < -0.4 is 0 Å². The molecule has 3 heterocycles. The molecule has 2 saturated heterocycles. The minimum atomic E-state index is -3.00. The second-order valence-electron chi connectivity index (χ2n) is 6.29.